The predicted molar refractivity (Wildman–Crippen MR) is 82.3 cm³/mol. The highest BCUT2D eigenvalue weighted by atomic mass is 35.5. The Bertz CT molecular complexity index is 701. The topological polar surface area (TPSA) is 67.7 Å². The van der Waals surface area contributed by atoms with Gasteiger partial charge < -0.3 is 9.64 Å². The zero-order valence-electron chi connectivity index (χ0n) is 12.0. The second-order valence-electron chi connectivity index (χ2n) is 4.46. The first-order valence-corrected chi connectivity index (χ1v) is 6.73. The predicted octanol–water partition coefficient (Wildman–Crippen LogP) is 2.68. The van der Waals surface area contributed by atoms with Gasteiger partial charge in [0.2, 0.25) is 0 Å². The lowest BCUT2D eigenvalue weighted by molar-refractivity contribution is 0.0527. The van der Waals surface area contributed by atoms with Gasteiger partial charge in [0.15, 0.2) is 11.0 Å². The van der Waals surface area contributed by atoms with E-state index in [1.165, 1.54) is 0 Å². The second kappa shape index (κ2) is 6.49. The van der Waals surface area contributed by atoms with Crippen LogP contribution in [0.4, 0.5) is 5.82 Å². The van der Waals surface area contributed by atoms with Crippen molar-refractivity contribution in [2.45, 2.75) is 6.92 Å². The standard InChI is InChI=1S/C14H15ClN4O2/c1-4-21-14(20)10-7-9-5-6-16-12(15)11(9)18-13(10)17-8-19(2)3/h5-8H,4H2,1-3H3/b17-8+. The van der Waals surface area contributed by atoms with Crippen molar-refractivity contribution < 1.29 is 9.53 Å². The first-order chi connectivity index (χ1) is 10.0. The summed E-state index contributed by atoms with van der Waals surface area (Å²) in [7, 11) is 3.65. The van der Waals surface area contributed by atoms with Gasteiger partial charge in [-0.1, -0.05) is 11.6 Å². The number of esters is 1. The molecule has 0 saturated carbocycles. The first-order valence-electron chi connectivity index (χ1n) is 6.36. The van der Waals surface area contributed by atoms with Gasteiger partial charge in [0.05, 0.1) is 12.9 Å². The van der Waals surface area contributed by atoms with Crippen LogP contribution >= 0.6 is 11.6 Å². The van der Waals surface area contributed by atoms with Crippen molar-refractivity contribution >= 4 is 40.6 Å². The van der Waals surface area contributed by atoms with E-state index >= 15 is 0 Å². The van der Waals surface area contributed by atoms with E-state index in [0.29, 0.717) is 16.5 Å². The summed E-state index contributed by atoms with van der Waals surface area (Å²) in [6, 6.07) is 3.40. The van der Waals surface area contributed by atoms with Crippen molar-refractivity contribution in [3.8, 4) is 0 Å². The van der Waals surface area contributed by atoms with Crippen LogP contribution in [0.15, 0.2) is 23.3 Å². The number of hydrogen-bond donors (Lipinski definition) is 0. The highest BCUT2D eigenvalue weighted by molar-refractivity contribution is 6.33. The lowest BCUT2D eigenvalue weighted by Gasteiger charge is -2.08. The molecule has 2 rings (SSSR count). The van der Waals surface area contributed by atoms with Crippen LogP contribution in [0, 0.1) is 0 Å². The molecule has 0 radical (unpaired) electrons. The van der Waals surface area contributed by atoms with Gasteiger partial charge >= 0.3 is 5.97 Å². The fourth-order valence-electron chi connectivity index (χ4n) is 1.68. The number of nitrogens with zero attached hydrogens (tertiary/aromatic N) is 4. The summed E-state index contributed by atoms with van der Waals surface area (Å²) >= 11 is 6.03. The largest absolute Gasteiger partial charge is 0.462 e. The molecule has 0 aromatic carbocycles. The molecule has 0 N–H and O–H groups in total. The molecule has 21 heavy (non-hydrogen) atoms. The zero-order chi connectivity index (χ0) is 15.4. The van der Waals surface area contributed by atoms with E-state index in [1.54, 1.807) is 36.5 Å². The molecule has 0 aliphatic rings. The molecule has 0 aliphatic carbocycles. The molecule has 0 aliphatic heterocycles. The monoisotopic (exact) mass is 306 g/mol. The summed E-state index contributed by atoms with van der Waals surface area (Å²) in [4.78, 5) is 26.3. The Labute approximate surface area is 127 Å². The third-order valence-electron chi connectivity index (χ3n) is 2.58. The third-order valence-corrected chi connectivity index (χ3v) is 2.85. The Morgan fingerprint density at radius 1 is 1.52 bits per heavy atom. The molecule has 0 bridgehead atoms. The fraction of sp³-hybridized carbons (Fsp3) is 0.286. The van der Waals surface area contributed by atoms with E-state index in [9.17, 15) is 4.79 Å². The van der Waals surface area contributed by atoms with E-state index in [1.807, 2.05) is 14.1 Å². The quantitative estimate of drug-likeness (QED) is 0.376. The average Bonchev–Trinajstić information content (AvgIpc) is 2.45. The van der Waals surface area contributed by atoms with Crippen molar-refractivity contribution in [2.24, 2.45) is 4.99 Å². The molecule has 0 spiro atoms. The maximum Gasteiger partial charge on any atom is 0.342 e. The smallest absolute Gasteiger partial charge is 0.342 e. The number of aliphatic imine (C=N–C) groups is 1. The van der Waals surface area contributed by atoms with E-state index < -0.39 is 5.97 Å². The lowest BCUT2D eigenvalue weighted by Crippen LogP contribution is -2.09. The van der Waals surface area contributed by atoms with Gasteiger partial charge in [0.25, 0.3) is 0 Å². The van der Waals surface area contributed by atoms with E-state index in [2.05, 4.69) is 15.0 Å². The molecule has 0 unspecified atom stereocenters. The maximum absolute atomic E-state index is 12.0. The first kappa shape index (κ1) is 15.2. The van der Waals surface area contributed by atoms with E-state index in [-0.39, 0.29) is 17.6 Å². The van der Waals surface area contributed by atoms with Crippen LogP contribution in [0.25, 0.3) is 10.9 Å². The number of fused-ring (bicyclic) bond motifs is 1. The molecule has 2 heterocycles. The average molecular weight is 307 g/mol. The summed E-state index contributed by atoms with van der Waals surface area (Å²) in [5, 5.41) is 0.978. The molecule has 0 saturated heterocycles. The Hall–Kier alpha value is -2.21. The highest BCUT2D eigenvalue weighted by Crippen LogP contribution is 2.26. The van der Waals surface area contributed by atoms with Crippen LogP contribution in [0.1, 0.15) is 17.3 Å². The summed E-state index contributed by atoms with van der Waals surface area (Å²) < 4.78 is 5.04. The summed E-state index contributed by atoms with van der Waals surface area (Å²) in [5.41, 5.74) is 0.794. The van der Waals surface area contributed by atoms with Crippen LogP contribution < -0.4 is 0 Å². The van der Waals surface area contributed by atoms with Crippen LogP contribution in [0.2, 0.25) is 5.15 Å². The minimum Gasteiger partial charge on any atom is -0.462 e. The van der Waals surface area contributed by atoms with E-state index in [4.69, 9.17) is 16.3 Å². The van der Waals surface area contributed by atoms with Crippen molar-refractivity contribution in [2.75, 3.05) is 20.7 Å². The molecule has 0 fully saturated rings. The normalized spacial score (nSPS) is 11.0. The Morgan fingerprint density at radius 3 is 2.95 bits per heavy atom. The Balaban J connectivity index is 2.62. The molecule has 0 atom stereocenters. The molecule has 2 aromatic heterocycles. The summed E-state index contributed by atoms with van der Waals surface area (Å²) in [6.07, 6.45) is 3.12. The van der Waals surface area contributed by atoms with Crippen molar-refractivity contribution in [3.05, 3.63) is 29.0 Å². The van der Waals surface area contributed by atoms with Gasteiger partial charge in [-0.05, 0) is 19.1 Å². The fourth-order valence-corrected chi connectivity index (χ4v) is 1.89. The van der Waals surface area contributed by atoms with Crippen molar-refractivity contribution in [1.82, 2.24) is 14.9 Å². The number of pyridine rings is 2. The molecule has 7 heteroatoms. The number of aromatic nitrogens is 2. The number of rotatable bonds is 4. The number of ether oxygens (including phenoxy) is 1. The van der Waals surface area contributed by atoms with Crippen LogP contribution in [0.5, 0.6) is 0 Å². The van der Waals surface area contributed by atoms with Crippen molar-refractivity contribution in [1.29, 1.82) is 0 Å². The lowest BCUT2D eigenvalue weighted by atomic mass is 10.2. The van der Waals surface area contributed by atoms with Crippen LogP contribution in [-0.4, -0.2) is 47.9 Å². The molecular weight excluding hydrogens is 292 g/mol. The highest BCUT2D eigenvalue weighted by Gasteiger charge is 2.16. The number of carbonyl (C=O) groups is 1. The molecule has 110 valence electrons. The van der Waals surface area contributed by atoms with Crippen LogP contribution in [-0.2, 0) is 4.74 Å². The van der Waals surface area contributed by atoms with E-state index in [0.717, 1.165) is 0 Å². The van der Waals surface area contributed by atoms with Gasteiger partial charge in [-0.25, -0.2) is 19.8 Å². The SMILES string of the molecule is CCOC(=O)c1cc2ccnc(Cl)c2nc1/N=C/N(C)C. The summed E-state index contributed by atoms with van der Waals surface area (Å²) in [6.45, 7) is 2.03. The number of carbonyl (C=O) groups excluding carboxylic acids is 1. The van der Waals surface area contributed by atoms with Gasteiger partial charge in [-0.2, -0.15) is 0 Å². The van der Waals surface area contributed by atoms with Gasteiger partial charge in [0, 0.05) is 25.7 Å². The Morgan fingerprint density at radius 2 is 2.29 bits per heavy atom. The summed E-state index contributed by atoms with van der Waals surface area (Å²) in [5.74, 6) is -0.213. The van der Waals surface area contributed by atoms with Crippen molar-refractivity contribution in [3.63, 3.8) is 0 Å². The van der Waals surface area contributed by atoms with Gasteiger partial charge in [-0.3, -0.25) is 0 Å². The maximum atomic E-state index is 12.0. The molecule has 0 amide bonds. The number of halogens is 1. The molecule has 2 aromatic rings. The molecule has 6 nitrogen and oxygen atoms in total. The van der Waals surface area contributed by atoms with Crippen LogP contribution in [0.3, 0.4) is 0 Å². The number of hydrogen-bond acceptors (Lipinski definition) is 5. The van der Waals surface area contributed by atoms with Gasteiger partial charge in [-0.15, -0.1) is 0 Å². The molecular formula is C14H15ClN4O2. The van der Waals surface area contributed by atoms with Gasteiger partial charge in [0.1, 0.15) is 11.1 Å². The second-order valence-corrected chi connectivity index (χ2v) is 4.82. The minimum absolute atomic E-state index is 0.254. The third kappa shape index (κ3) is 3.46. The minimum atomic E-state index is -0.467. The zero-order valence-corrected chi connectivity index (χ0v) is 12.8. The Kier molecular flexibility index (Phi) is 4.70.